The van der Waals surface area contributed by atoms with Crippen LogP contribution in [0, 0.1) is 11.8 Å². The number of aliphatic imine (C=N–C) groups is 1. The summed E-state index contributed by atoms with van der Waals surface area (Å²) in [4.78, 5) is 7.93. The van der Waals surface area contributed by atoms with Gasteiger partial charge in [-0.15, -0.1) is 11.3 Å². The van der Waals surface area contributed by atoms with Crippen LogP contribution in [0.25, 0.3) is 0 Å². The summed E-state index contributed by atoms with van der Waals surface area (Å²) in [7, 11) is 3.08. The minimum atomic E-state index is 0.354. The summed E-state index contributed by atoms with van der Waals surface area (Å²) in [6.07, 6.45) is 4.34. The van der Waals surface area contributed by atoms with Crippen molar-refractivity contribution in [3.63, 3.8) is 0 Å². The Bertz CT molecular complexity index is 974. The summed E-state index contributed by atoms with van der Waals surface area (Å²) >= 11 is 18.1. The van der Waals surface area contributed by atoms with Crippen molar-refractivity contribution in [3.8, 4) is 23.3 Å². The highest BCUT2D eigenvalue weighted by Crippen LogP contribution is 2.47. The van der Waals surface area contributed by atoms with E-state index >= 15 is 0 Å². The molecule has 4 rings (SSSR count). The first kappa shape index (κ1) is 18.9. The molecule has 140 valence electrons. The monoisotopic (exact) mass is 484 g/mol. The van der Waals surface area contributed by atoms with Gasteiger partial charge in [0.25, 0.3) is 0 Å². The molecule has 1 fully saturated rings. The minimum absolute atomic E-state index is 0.354. The van der Waals surface area contributed by atoms with E-state index in [1.54, 1.807) is 25.6 Å². The van der Waals surface area contributed by atoms with Crippen molar-refractivity contribution in [2.24, 2.45) is 4.99 Å². The number of nitrogens with zero attached hydrogens (tertiary/aromatic N) is 2. The first-order valence-electron chi connectivity index (χ1n) is 8.25. The highest BCUT2D eigenvalue weighted by atomic mass is 79.9. The van der Waals surface area contributed by atoms with Crippen LogP contribution >= 0.6 is 50.5 Å². The van der Waals surface area contributed by atoms with E-state index in [9.17, 15) is 0 Å². The lowest BCUT2D eigenvalue weighted by Crippen LogP contribution is -2.29. The smallest absolute Gasteiger partial charge is 0.156 e. The molecule has 2 aliphatic rings. The number of methoxy groups -OCH3 is 2. The van der Waals surface area contributed by atoms with Crippen LogP contribution in [0.3, 0.4) is 0 Å². The number of thiophene rings is 1. The Morgan fingerprint density at radius 3 is 2.44 bits per heavy atom. The predicted octanol–water partition coefficient (Wildman–Crippen LogP) is 5.59. The third kappa shape index (κ3) is 3.31. The number of hydrogen-bond donors (Lipinski definition) is 0. The molecule has 1 saturated carbocycles. The molecule has 0 amide bonds. The second kappa shape index (κ2) is 7.56. The molecule has 0 unspecified atom stereocenters. The SMILES string of the molecule is COc1c(Cl)c(C#Cc2csc3c2N(C2CC2)CN=C3)c(Cl)c(OC)c1Br. The van der Waals surface area contributed by atoms with E-state index in [1.165, 1.54) is 12.8 Å². The molecule has 1 aromatic carbocycles. The van der Waals surface area contributed by atoms with Crippen molar-refractivity contribution >= 4 is 62.4 Å². The van der Waals surface area contributed by atoms with Gasteiger partial charge < -0.3 is 14.4 Å². The predicted molar refractivity (Wildman–Crippen MR) is 116 cm³/mol. The number of hydrogen-bond acceptors (Lipinski definition) is 5. The van der Waals surface area contributed by atoms with Crippen LogP contribution < -0.4 is 14.4 Å². The van der Waals surface area contributed by atoms with Crippen LogP contribution in [0.5, 0.6) is 11.5 Å². The van der Waals surface area contributed by atoms with Gasteiger partial charge in [0.15, 0.2) is 11.5 Å². The van der Waals surface area contributed by atoms with Crippen molar-refractivity contribution in [2.45, 2.75) is 18.9 Å². The van der Waals surface area contributed by atoms with Gasteiger partial charge in [-0.2, -0.15) is 0 Å². The molecule has 2 aromatic rings. The molecule has 0 bridgehead atoms. The maximum atomic E-state index is 6.49. The van der Waals surface area contributed by atoms with E-state index in [-0.39, 0.29) is 0 Å². The molecule has 0 atom stereocenters. The number of halogens is 3. The summed E-state index contributed by atoms with van der Waals surface area (Å²) in [5.74, 6) is 7.27. The maximum absolute atomic E-state index is 6.49. The largest absolute Gasteiger partial charge is 0.494 e. The molecule has 4 nitrogen and oxygen atoms in total. The van der Waals surface area contributed by atoms with Gasteiger partial charge in [-0.25, -0.2) is 0 Å². The van der Waals surface area contributed by atoms with Crippen LogP contribution in [0.4, 0.5) is 5.69 Å². The van der Waals surface area contributed by atoms with Crippen LogP contribution in [-0.2, 0) is 0 Å². The van der Waals surface area contributed by atoms with E-state index in [4.69, 9.17) is 32.7 Å². The first-order valence-corrected chi connectivity index (χ1v) is 10.7. The Kier molecular flexibility index (Phi) is 5.30. The highest BCUT2D eigenvalue weighted by molar-refractivity contribution is 9.10. The zero-order valence-corrected chi connectivity index (χ0v) is 18.5. The topological polar surface area (TPSA) is 34.1 Å². The molecule has 1 aromatic heterocycles. The Balaban J connectivity index is 1.81. The number of fused-ring (bicyclic) bond motifs is 1. The quantitative estimate of drug-likeness (QED) is 0.531. The number of benzene rings is 1. The average Bonchev–Trinajstić information content (AvgIpc) is 3.42. The lowest BCUT2D eigenvalue weighted by Gasteiger charge is -2.25. The normalized spacial score (nSPS) is 15.2. The van der Waals surface area contributed by atoms with E-state index < -0.39 is 0 Å². The standard InChI is InChI=1S/C19H15BrCl2N2O2S/c1-25-18-14(20)19(26-2)16(22)12(15(18)21)6-3-10-8-27-13-7-23-9-24(17(10)13)11-4-5-11/h7-8,11H,4-5,9H2,1-2H3. The molecule has 1 aliphatic heterocycles. The summed E-state index contributed by atoms with van der Waals surface area (Å²) in [6, 6.07) is 0.566. The second-order valence-corrected chi connectivity index (χ2v) is 8.61. The summed E-state index contributed by atoms with van der Waals surface area (Å²) in [5.41, 5.74) is 2.60. The fraction of sp³-hybridized carbons (Fsp3) is 0.316. The van der Waals surface area contributed by atoms with Crippen LogP contribution in [0.1, 0.15) is 28.8 Å². The zero-order chi connectivity index (χ0) is 19.1. The molecule has 0 N–H and O–H groups in total. The fourth-order valence-corrected chi connectivity index (χ4v) is 5.54. The molecule has 8 heteroatoms. The Morgan fingerprint density at radius 2 is 1.85 bits per heavy atom. The third-order valence-corrected chi connectivity index (χ3v) is 6.82. The van der Waals surface area contributed by atoms with E-state index in [0.717, 1.165) is 16.1 Å². The molecule has 0 saturated heterocycles. The molecule has 27 heavy (non-hydrogen) atoms. The van der Waals surface area contributed by atoms with Gasteiger partial charge in [0.2, 0.25) is 0 Å². The lowest BCUT2D eigenvalue weighted by molar-refractivity contribution is 0.389. The Labute approximate surface area is 180 Å². The summed E-state index contributed by atoms with van der Waals surface area (Å²) < 4.78 is 11.3. The summed E-state index contributed by atoms with van der Waals surface area (Å²) in [5, 5.41) is 2.76. The molecular weight excluding hydrogens is 471 g/mol. The van der Waals surface area contributed by atoms with Crippen LogP contribution in [0.15, 0.2) is 14.8 Å². The average molecular weight is 486 g/mol. The lowest BCUT2D eigenvalue weighted by atomic mass is 10.1. The maximum Gasteiger partial charge on any atom is 0.156 e. The molecule has 0 spiro atoms. The molecule has 0 radical (unpaired) electrons. The highest BCUT2D eigenvalue weighted by Gasteiger charge is 2.33. The van der Waals surface area contributed by atoms with Crippen LogP contribution in [0.2, 0.25) is 10.0 Å². The second-order valence-electron chi connectivity index (χ2n) is 6.15. The van der Waals surface area contributed by atoms with Crippen molar-refractivity contribution in [3.05, 3.63) is 35.9 Å². The van der Waals surface area contributed by atoms with Crippen LogP contribution in [-0.4, -0.2) is 33.1 Å². The summed E-state index contributed by atoms with van der Waals surface area (Å²) in [6.45, 7) is 0.685. The van der Waals surface area contributed by atoms with Crippen molar-refractivity contribution in [2.75, 3.05) is 25.8 Å². The molecule has 1 aliphatic carbocycles. The van der Waals surface area contributed by atoms with Gasteiger partial charge in [0.05, 0.1) is 35.9 Å². The van der Waals surface area contributed by atoms with E-state index in [1.807, 2.05) is 6.21 Å². The number of anilines is 1. The van der Waals surface area contributed by atoms with Gasteiger partial charge in [-0.1, -0.05) is 35.0 Å². The Hall–Kier alpha value is -1.39. The zero-order valence-electron chi connectivity index (χ0n) is 14.6. The number of rotatable bonds is 3. The number of ether oxygens (including phenoxy) is 2. The van der Waals surface area contributed by atoms with Crippen molar-refractivity contribution in [1.29, 1.82) is 0 Å². The van der Waals surface area contributed by atoms with Crippen molar-refractivity contribution in [1.82, 2.24) is 0 Å². The Morgan fingerprint density at radius 1 is 1.19 bits per heavy atom. The van der Waals surface area contributed by atoms with Gasteiger partial charge in [-0.05, 0) is 28.8 Å². The van der Waals surface area contributed by atoms with Gasteiger partial charge >= 0.3 is 0 Å². The van der Waals surface area contributed by atoms with Crippen molar-refractivity contribution < 1.29 is 9.47 Å². The van der Waals surface area contributed by atoms with Gasteiger partial charge in [0.1, 0.15) is 21.2 Å². The third-order valence-electron chi connectivity index (χ3n) is 4.48. The minimum Gasteiger partial charge on any atom is -0.494 e. The fourth-order valence-electron chi connectivity index (χ4n) is 3.03. The van der Waals surface area contributed by atoms with E-state index in [0.29, 0.717) is 44.3 Å². The molecular formula is C19H15BrCl2N2O2S. The van der Waals surface area contributed by atoms with E-state index in [2.05, 4.69) is 43.0 Å². The van der Waals surface area contributed by atoms with Gasteiger partial charge in [-0.3, -0.25) is 4.99 Å². The first-order chi connectivity index (χ1) is 13.1. The molecule has 2 heterocycles. The van der Waals surface area contributed by atoms with Gasteiger partial charge in [0, 0.05) is 17.6 Å².